The quantitative estimate of drug-likeness (QED) is 0.750. The molecule has 1 aromatic rings. The van der Waals surface area contributed by atoms with Gasteiger partial charge in [0.05, 0.1) is 7.11 Å². The molecule has 0 spiro atoms. The van der Waals surface area contributed by atoms with Crippen LogP contribution in [-0.4, -0.2) is 67.5 Å². The summed E-state index contributed by atoms with van der Waals surface area (Å²) in [6, 6.07) is 6.48. The predicted molar refractivity (Wildman–Crippen MR) is 96.8 cm³/mol. The highest BCUT2D eigenvalue weighted by Crippen LogP contribution is 2.29. The van der Waals surface area contributed by atoms with Gasteiger partial charge in [-0.05, 0) is 64.5 Å². The molecule has 0 unspecified atom stereocenters. The fraction of sp³-hybridized carbons (Fsp3) is 0.684. The number of likely N-dealkylation sites (tertiary alicyclic amines) is 1. The van der Waals surface area contributed by atoms with Gasteiger partial charge in [0, 0.05) is 19.1 Å². The van der Waals surface area contributed by atoms with E-state index in [1.54, 1.807) is 7.11 Å². The molecule has 2 rings (SSSR count). The molecule has 1 saturated heterocycles. The zero-order valence-electron chi connectivity index (χ0n) is 15.5. The predicted octanol–water partition coefficient (Wildman–Crippen LogP) is 2.37. The van der Waals surface area contributed by atoms with Crippen LogP contribution in [0.4, 0.5) is 0 Å². The van der Waals surface area contributed by atoms with Gasteiger partial charge in [0.25, 0.3) is 0 Å². The fourth-order valence-corrected chi connectivity index (χ4v) is 2.91. The first kappa shape index (κ1) is 19.0. The summed E-state index contributed by atoms with van der Waals surface area (Å²) in [7, 11) is 3.66. The molecular formula is C19H32N2O3. The summed E-state index contributed by atoms with van der Waals surface area (Å²) in [5, 5.41) is 10.1. The van der Waals surface area contributed by atoms with E-state index in [-0.39, 0.29) is 6.61 Å². The van der Waals surface area contributed by atoms with Crippen LogP contribution in [0, 0.1) is 0 Å². The summed E-state index contributed by atoms with van der Waals surface area (Å²) in [4.78, 5) is 4.56. The monoisotopic (exact) mass is 336 g/mol. The van der Waals surface area contributed by atoms with Crippen LogP contribution in [0.15, 0.2) is 18.2 Å². The zero-order valence-corrected chi connectivity index (χ0v) is 15.5. The third-order valence-corrected chi connectivity index (χ3v) is 4.64. The number of benzene rings is 1. The smallest absolute Gasteiger partial charge is 0.161 e. The fourth-order valence-electron chi connectivity index (χ4n) is 2.91. The number of nitrogens with zero attached hydrogens (tertiary/aromatic N) is 2. The SMILES string of the molecule is COc1cc(CN2CCCC2)ccc1OC[C@H](O)CN(C)C(C)C. The molecule has 1 fully saturated rings. The van der Waals surface area contributed by atoms with Gasteiger partial charge in [0.15, 0.2) is 11.5 Å². The summed E-state index contributed by atoms with van der Waals surface area (Å²) in [6.45, 7) is 8.38. The van der Waals surface area contributed by atoms with Crippen LogP contribution in [0.1, 0.15) is 32.3 Å². The van der Waals surface area contributed by atoms with Crippen LogP contribution in [-0.2, 0) is 6.54 Å². The third kappa shape index (κ3) is 5.65. The third-order valence-electron chi connectivity index (χ3n) is 4.64. The molecule has 5 nitrogen and oxygen atoms in total. The first-order valence-electron chi connectivity index (χ1n) is 8.90. The van der Waals surface area contributed by atoms with Crippen LogP contribution in [0.2, 0.25) is 0 Å². The van der Waals surface area contributed by atoms with Crippen molar-refractivity contribution < 1.29 is 14.6 Å². The van der Waals surface area contributed by atoms with Crippen molar-refractivity contribution in [2.45, 2.75) is 45.4 Å². The standard InChI is InChI=1S/C19H32N2O3/c1-15(2)20(3)13-17(22)14-24-18-8-7-16(11-19(18)23-4)12-21-9-5-6-10-21/h7-8,11,15,17,22H,5-6,9-10,12-14H2,1-4H3/t17-/m1/s1. The number of hydrogen-bond acceptors (Lipinski definition) is 5. The van der Waals surface area contributed by atoms with Gasteiger partial charge in [0.2, 0.25) is 0 Å². The highest BCUT2D eigenvalue weighted by atomic mass is 16.5. The Kier molecular flexibility index (Phi) is 7.34. The number of ether oxygens (including phenoxy) is 2. The highest BCUT2D eigenvalue weighted by Gasteiger charge is 2.15. The highest BCUT2D eigenvalue weighted by molar-refractivity contribution is 5.43. The molecule has 24 heavy (non-hydrogen) atoms. The maximum absolute atomic E-state index is 10.1. The lowest BCUT2D eigenvalue weighted by molar-refractivity contribution is 0.0668. The van der Waals surface area contributed by atoms with Gasteiger partial charge in [-0.2, -0.15) is 0 Å². The van der Waals surface area contributed by atoms with Crippen molar-refractivity contribution in [3.05, 3.63) is 23.8 Å². The molecule has 1 aliphatic heterocycles. The molecule has 1 heterocycles. The van der Waals surface area contributed by atoms with Gasteiger partial charge in [-0.1, -0.05) is 6.07 Å². The van der Waals surface area contributed by atoms with Crippen molar-refractivity contribution in [2.24, 2.45) is 0 Å². The Hall–Kier alpha value is -1.30. The van der Waals surface area contributed by atoms with E-state index >= 15 is 0 Å². The average Bonchev–Trinajstić information content (AvgIpc) is 3.06. The van der Waals surface area contributed by atoms with Crippen LogP contribution >= 0.6 is 0 Å². The minimum atomic E-state index is -0.522. The maximum atomic E-state index is 10.1. The van der Waals surface area contributed by atoms with Gasteiger partial charge in [-0.3, -0.25) is 4.90 Å². The van der Waals surface area contributed by atoms with Crippen LogP contribution in [0.3, 0.4) is 0 Å². The molecule has 1 aliphatic rings. The van der Waals surface area contributed by atoms with E-state index in [4.69, 9.17) is 9.47 Å². The molecule has 0 bridgehead atoms. The van der Waals surface area contributed by atoms with Crippen molar-refractivity contribution in [1.82, 2.24) is 9.80 Å². The van der Waals surface area contributed by atoms with Gasteiger partial charge < -0.3 is 19.5 Å². The second-order valence-corrected chi connectivity index (χ2v) is 6.97. The lowest BCUT2D eigenvalue weighted by Crippen LogP contribution is -2.36. The van der Waals surface area contributed by atoms with Gasteiger partial charge >= 0.3 is 0 Å². The summed E-state index contributed by atoms with van der Waals surface area (Å²) < 4.78 is 11.2. The van der Waals surface area contributed by atoms with Gasteiger partial charge in [0.1, 0.15) is 12.7 Å². The number of likely N-dealkylation sites (N-methyl/N-ethyl adjacent to an activating group) is 1. The number of hydrogen-bond donors (Lipinski definition) is 1. The lowest BCUT2D eigenvalue weighted by atomic mass is 10.2. The lowest BCUT2D eigenvalue weighted by Gasteiger charge is -2.24. The normalized spacial score (nSPS) is 16.8. The van der Waals surface area contributed by atoms with E-state index in [0.717, 1.165) is 12.3 Å². The summed E-state index contributed by atoms with van der Waals surface area (Å²) in [5.74, 6) is 1.42. The molecule has 1 atom stereocenters. The minimum absolute atomic E-state index is 0.263. The molecule has 0 radical (unpaired) electrons. The Morgan fingerprint density at radius 1 is 1.21 bits per heavy atom. The Labute approximate surface area is 146 Å². The molecular weight excluding hydrogens is 304 g/mol. The van der Waals surface area contributed by atoms with E-state index in [9.17, 15) is 5.11 Å². The Balaban J connectivity index is 1.89. The van der Waals surface area contributed by atoms with Crippen molar-refractivity contribution in [2.75, 3.05) is 40.4 Å². The van der Waals surface area contributed by atoms with Gasteiger partial charge in [-0.25, -0.2) is 0 Å². The molecule has 1 N–H and O–H groups in total. The second kappa shape index (κ2) is 9.25. The van der Waals surface area contributed by atoms with Crippen molar-refractivity contribution in [3.63, 3.8) is 0 Å². The summed E-state index contributed by atoms with van der Waals surface area (Å²) in [5.41, 5.74) is 1.24. The van der Waals surface area contributed by atoms with E-state index in [2.05, 4.69) is 29.7 Å². The summed E-state index contributed by atoms with van der Waals surface area (Å²) >= 11 is 0. The molecule has 0 aliphatic carbocycles. The zero-order chi connectivity index (χ0) is 17.5. The van der Waals surface area contributed by atoms with Crippen LogP contribution in [0.5, 0.6) is 11.5 Å². The number of methoxy groups -OCH3 is 1. The van der Waals surface area contributed by atoms with Crippen LogP contribution in [0.25, 0.3) is 0 Å². The molecule has 5 heteroatoms. The largest absolute Gasteiger partial charge is 0.493 e. The Morgan fingerprint density at radius 3 is 2.54 bits per heavy atom. The first-order valence-corrected chi connectivity index (χ1v) is 8.90. The minimum Gasteiger partial charge on any atom is -0.493 e. The van der Waals surface area contributed by atoms with Crippen molar-refractivity contribution in [3.8, 4) is 11.5 Å². The second-order valence-electron chi connectivity index (χ2n) is 6.97. The summed E-state index contributed by atoms with van der Waals surface area (Å²) in [6.07, 6.45) is 2.06. The van der Waals surface area contributed by atoms with Gasteiger partial charge in [-0.15, -0.1) is 0 Å². The van der Waals surface area contributed by atoms with E-state index in [1.165, 1.54) is 31.5 Å². The first-order chi connectivity index (χ1) is 11.5. The molecule has 0 amide bonds. The Bertz CT molecular complexity index is 501. The maximum Gasteiger partial charge on any atom is 0.161 e. The van der Waals surface area contributed by atoms with E-state index in [0.29, 0.717) is 18.3 Å². The number of aliphatic hydroxyl groups excluding tert-OH is 1. The van der Waals surface area contributed by atoms with Crippen molar-refractivity contribution >= 4 is 0 Å². The number of rotatable bonds is 9. The molecule has 0 saturated carbocycles. The van der Waals surface area contributed by atoms with Crippen molar-refractivity contribution in [1.29, 1.82) is 0 Å². The average molecular weight is 336 g/mol. The van der Waals surface area contributed by atoms with E-state index in [1.807, 2.05) is 19.2 Å². The van der Waals surface area contributed by atoms with Crippen LogP contribution < -0.4 is 9.47 Å². The topological polar surface area (TPSA) is 45.2 Å². The molecule has 0 aromatic heterocycles. The molecule has 136 valence electrons. The Morgan fingerprint density at radius 2 is 1.92 bits per heavy atom. The number of aliphatic hydroxyl groups is 1. The molecule has 1 aromatic carbocycles. The van der Waals surface area contributed by atoms with E-state index < -0.39 is 6.10 Å².